The van der Waals surface area contributed by atoms with Gasteiger partial charge in [0.15, 0.2) is 0 Å². The van der Waals surface area contributed by atoms with Crippen molar-refractivity contribution >= 4 is 5.78 Å². The molecular formula is C9H16O. The number of carbonyl (C=O) groups is 1. The molecule has 1 unspecified atom stereocenters. The first-order chi connectivity index (χ1) is 4.38. The molecule has 0 aliphatic heterocycles. The van der Waals surface area contributed by atoms with E-state index in [4.69, 9.17) is 0 Å². The van der Waals surface area contributed by atoms with Crippen molar-refractivity contribution in [1.29, 1.82) is 0 Å². The largest absolute Gasteiger partial charge is 0.299 e. The molecule has 1 rings (SSSR count). The molecule has 0 aromatic carbocycles. The Labute approximate surface area is 62.8 Å². The molecule has 0 spiro atoms. The zero-order chi connectivity index (χ0) is 7.99. The van der Waals surface area contributed by atoms with Gasteiger partial charge in [0.1, 0.15) is 5.78 Å². The van der Waals surface area contributed by atoms with Crippen LogP contribution in [-0.4, -0.2) is 5.78 Å². The Hall–Kier alpha value is -0.330. The van der Waals surface area contributed by atoms with Crippen molar-refractivity contribution in [2.24, 2.45) is 10.8 Å². The number of rotatable bonds is 0. The summed E-state index contributed by atoms with van der Waals surface area (Å²) >= 11 is 0. The third-order valence-electron chi connectivity index (χ3n) is 3.12. The number of Topliss-reactive ketones (excluding diaryl/α,β-unsaturated/α-hetero) is 1. The topological polar surface area (TPSA) is 17.1 Å². The van der Waals surface area contributed by atoms with Crippen molar-refractivity contribution in [3.05, 3.63) is 0 Å². The molecule has 1 aliphatic carbocycles. The molecular weight excluding hydrogens is 124 g/mol. The predicted molar refractivity (Wildman–Crippen MR) is 41.8 cm³/mol. The van der Waals surface area contributed by atoms with E-state index in [2.05, 4.69) is 27.7 Å². The fourth-order valence-corrected chi connectivity index (χ4v) is 1.40. The van der Waals surface area contributed by atoms with Crippen LogP contribution in [0.5, 0.6) is 0 Å². The molecule has 0 saturated heterocycles. The van der Waals surface area contributed by atoms with Crippen LogP contribution < -0.4 is 0 Å². The summed E-state index contributed by atoms with van der Waals surface area (Å²) in [5.74, 6) is 0.444. The van der Waals surface area contributed by atoms with E-state index in [-0.39, 0.29) is 10.8 Å². The SMILES string of the molecule is CC(C)(C)C1(C)CCC1=O. The zero-order valence-corrected chi connectivity index (χ0v) is 7.32. The lowest BCUT2D eigenvalue weighted by Gasteiger charge is -2.47. The standard InChI is InChI=1S/C9H16O/c1-8(2,3)9(4)6-5-7(9)10/h5-6H2,1-4H3. The maximum absolute atomic E-state index is 11.2. The second kappa shape index (κ2) is 1.84. The normalized spacial score (nSPS) is 33.8. The first-order valence-electron chi connectivity index (χ1n) is 3.91. The maximum Gasteiger partial charge on any atom is 0.139 e. The van der Waals surface area contributed by atoms with Gasteiger partial charge in [0, 0.05) is 11.8 Å². The molecule has 0 heterocycles. The van der Waals surface area contributed by atoms with Crippen molar-refractivity contribution in [2.45, 2.75) is 40.5 Å². The lowest BCUT2D eigenvalue weighted by molar-refractivity contribution is -0.145. The quantitative estimate of drug-likeness (QED) is 0.505. The summed E-state index contributed by atoms with van der Waals surface area (Å²) in [5, 5.41) is 0. The molecule has 1 aliphatic rings. The Morgan fingerprint density at radius 3 is 1.90 bits per heavy atom. The Balaban J connectivity index is 2.80. The van der Waals surface area contributed by atoms with Crippen LogP contribution in [0.3, 0.4) is 0 Å². The van der Waals surface area contributed by atoms with Crippen LogP contribution in [0.4, 0.5) is 0 Å². The Morgan fingerprint density at radius 1 is 1.40 bits per heavy atom. The van der Waals surface area contributed by atoms with E-state index in [0.29, 0.717) is 5.78 Å². The minimum atomic E-state index is -0.0208. The van der Waals surface area contributed by atoms with Gasteiger partial charge in [-0.3, -0.25) is 4.79 Å². The summed E-state index contributed by atoms with van der Waals surface area (Å²) in [6.07, 6.45) is 1.88. The Bertz CT molecular complexity index is 164. The molecule has 0 bridgehead atoms. The molecule has 1 nitrogen and oxygen atoms in total. The minimum absolute atomic E-state index is 0.0208. The highest BCUT2D eigenvalue weighted by molar-refractivity contribution is 5.90. The molecule has 0 aromatic rings. The molecule has 0 radical (unpaired) electrons. The van der Waals surface area contributed by atoms with Crippen LogP contribution in [-0.2, 0) is 4.79 Å². The van der Waals surface area contributed by atoms with Crippen LogP contribution in [0.15, 0.2) is 0 Å². The van der Waals surface area contributed by atoms with Gasteiger partial charge in [-0.25, -0.2) is 0 Å². The van der Waals surface area contributed by atoms with E-state index in [0.717, 1.165) is 12.8 Å². The molecule has 1 saturated carbocycles. The molecule has 1 fully saturated rings. The number of ketones is 1. The van der Waals surface area contributed by atoms with Gasteiger partial charge < -0.3 is 0 Å². The van der Waals surface area contributed by atoms with Gasteiger partial charge in [0.25, 0.3) is 0 Å². The highest BCUT2D eigenvalue weighted by Gasteiger charge is 2.49. The van der Waals surface area contributed by atoms with Crippen LogP contribution in [0.25, 0.3) is 0 Å². The van der Waals surface area contributed by atoms with Crippen LogP contribution in [0.2, 0.25) is 0 Å². The smallest absolute Gasteiger partial charge is 0.139 e. The average Bonchev–Trinajstić information content (AvgIpc) is 1.80. The van der Waals surface area contributed by atoms with Gasteiger partial charge in [-0.05, 0) is 11.8 Å². The van der Waals surface area contributed by atoms with E-state index in [1.165, 1.54) is 0 Å². The number of hydrogen-bond donors (Lipinski definition) is 0. The first-order valence-corrected chi connectivity index (χ1v) is 3.91. The highest BCUT2D eigenvalue weighted by Crippen LogP contribution is 2.50. The van der Waals surface area contributed by atoms with Gasteiger partial charge in [0.05, 0.1) is 0 Å². The van der Waals surface area contributed by atoms with Crippen LogP contribution >= 0.6 is 0 Å². The highest BCUT2D eigenvalue weighted by atomic mass is 16.1. The molecule has 1 heteroatoms. The van der Waals surface area contributed by atoms with Crippen molar-refractivity contribution in [1.82, 2.24) is 0 Å². The fraction of sp³-hybridized carbons (Fsp3) is 0.889. The summed E-state index contributed by atoms with van der Waals surface area (Å²) in [7, 11) is 0. The first kappa shape index (κ1) is 7.77. The summed E-state index contributed by atoms with van der Waals surface area (Å²) in [6.45, 7) is 8.51. The van der Waals surface area contributed by atoms with Crippen LogP contribution in [0.1, 0.15) is 40.5 Å². The summed E-state index contributed by atoms with van der Waals surface area (Å²) in [5.41, 5.74) is 0.134. The minimum Gasteiger partial charge on any atom is -0.299 e. The predicted octanol–water partition coefficient (Wildman–Crippen LogP) is 2.40. The van der Waals surface area contributed by atoms with E-state index in [1.807, 2.05) is 0 Å². The molecule has 58 valence electrons. The molecule has 0 amide bonds. The maximum atomic E-state index is 11.2. The molecule has 10 heavy (non-hydrogen) atoms. The van der Waals surface area contributed by atoms with E-state index in [9.17, 15) is 4.79 Å². The molecule has 0 N–H and O–H groups in total. The van der Waals surface area contributed by atoms with Crippen molar-refractivity contribution < 1.29 is 4.79 Å². The van der Waals surface area contributed by atoms with Gasteiger partial charge in [-0.1, -0.05) is 27.7 Å². The van der Waals surface area contributed by atoms with Gasteiger partial charge in [0.2, 0.25) is 0 Å². The lowest BCUT2D eigenvalue weighted by atomic mass is 9.55. The number of carbonyl (C=O) groups excluding carboxylic acids is 1. The molecule has 1 atom stereocenters. The second-order valence-corrected chi connectivity index (χ2v) is 4.51. The average molecular weight is 140 g/mol. The van der Waals surface area contributed by atoms with Crippen LogP contribution in [0, 0.1) is 10.8 Å². The van der Waals surface area contributed by atoms with E-state index < -0.39 is 0 Å². The summed E-state index contributed by atoms with van der Waals surface area (Å²) < 4.78 is 0. The fourth-order valence-electron chi connectivity index (χ4n) is 1.40. The Morgan fingerprint density at radius 2 is 1.90 bits per heavy atom. The third-order valence-corrected chi connectivity index (χ3v) is 3.12. The van der Waals surface area contributed by atoms with Crippen molar-refractivity contribution in [3.63, 3.8) is 0 Å². The second-order valence-electron chi connectivity index (χ2n) is 4.51. The number of hydrogen-bond acceptors (Lipinski definition) is 1. The monoisotopic (exact) mass is 140 g/mol. The summed E-state index contributed by atoms with van der Waals surface area (Å²) in [4.78, 5) is 11.2. The zero-order valence-electron chi connectivity index (χ0n) is 7.32. The lowest BCUT2D eigenvalue weighted by Crippen LogP contribution is -2.47. The van der Waals surface area contributed by atoms with Crippen molar-refractivity contribution in [2.75, 3.05) is 0 Å². The van der Waals surface area contributed by atoms with Gasteiger partial charge in [-0.2, -0.15) is 0 Å². The van der Waals surface area contributed by atoms with Gasteiger partial charge >= 0.3 is 0 Å². The van der Waals surface area contributed by atoms with Gasteiger partial charge in [-0.15, -0.1) is 0 Å². The van der Waals surface area contributed by atoms with Crippen molar-refractivity contribution in [3.8, 4) is 0 Å². The molecule has 0 aromatic heterocycles. The summed E-state index contributed by atoms with van der Waals surface area (Å²) in [6, 6.07) is 0. The van der Waals surface area contributed by atoms with E-state index >= 15 is 0 Å². The Kier molecular flexibility index (Phi) is 1.43. The third kappa shape index (κ3) is 0.799. The van der Waals surface area contributed by atoms with E-state index in [1.54, 1.807) is 0 Å².